The van der Waals surface area contributed by atoms with Crippen LogP contribution in [0.3, 0.4) is 0 Å². The van der Waals surface area contributed by atoms with Crippen molar-refractivity contribution in [2.75, 3.05) is 19.9 Å². The molecule has 1 atom stereocenters. The van der Waals surface area contributed by atoms with Gasteiger partial charge in [-0.3, -0.25) is 13.6 Å². The summed E-state index contributed by atoms with van der Waals surface area (Å²) in [5.41, 5.74) is 1.32. The van der Waals surface area contributed by atoms with Crippen molar-refractivity contribution in [3.05, 3.63) is 17.8 Å². The Hall–Kier alpha value is -2.87. The van der Waals surface area contributed by atoms with Crippen molar-refractivity contribution in [3.63, 3.8) is 0 Å². The number of nitrogens with zero attached hydrogens (tertiary/aromatic N) is 5. The van der Waals surface area contributed by atoms with Gasteiger partial charge < -0.3 is 23.7 Å². The van der Waals surface area contributed by atoms with E-state index >= 15 is 0 Å². The van der Waals surface area contributed by atoms with Crippen molar-refractivity contribution in [3.8, 4) is 0 Å². The summed E-state index contributed by atoms with van der Waals surface area (Å²) < 4.78 is 49.8. The van der Waals surface area contributed by atoms with Crippen LogP contribution in [0.1, 0.15) is 59.0 Å². The highest BCUT2D eigenvalue weighted by atomic mass is 31.2. The molecule has 0 aromatic carbocycles. The molecule has 0 spiro atoms. The first-order valence-corrected chi connectivity index (χ1v) is 13.4. The van der Waals surface area contributed by atoms with Gasteiger partial charge in [-0.1, -0.05) is 0 Å². The highest BCUT2D eigenvalue weighted by molar-refractivity contribution is 7.53. The molecule has 15 nitrogen and oxygen atoms in total. The molecule has 0 fully saturated rings. The lowest BCUT2D eigenvalue weighted by atomic mass is 10.1. The lowest BCUT2D eigenvalue weighted by Gasteiger charge is -2.21. The summed E-state index contributed by atoms with van der Waals surface area (Å²) >= 11 is 0. The minimum Gasteiger partial charge on any atom is -0.432 e. The Morgan fingerprint density at radius 3 is 2.14 bits per heavy atom. The van der Waals surface area contributed by atoms with E-state index in [9.17, 15) is 14.2 Å². The maximum absolute atomic E-state index is 13.1. The Bertz CT molecular complexity index is 1030. The normalized spacial score (nSPS) is 12.6. The highest BCUT2D eigenvalue weighted by Crippen LogP contribution is 2.48. The van der Waals surface area contributed by atoms with Crippen molar-refractivity contribution >= 4 is 25.6 Å². The minimum absolute atomic E-state index is 0.352. The maximum atomic E-state index is 13.1. The molecule has 0 N–H and O–H groups in total. The van der Waals surface area contributed by atoms with Crippen LogP contribution in [0.5, 0.6) is 0 Å². The van der Waals surface area contributed by atoms with Gasteiger partial charge in [-0.2, -0.15) is 9.61 Å². The zero-order valence-electron chi connectivity index (χ0n) is 21.8. The van der Waals surface area contributed by atoms with Gasteiger partial charge in [0, 0.05) is 6.42 Å². The van der Waals surface area contributed by atoms with Gasteiger partial charge in [-0.25, -0.2) is 14.6 Å². The van der Waals surface area contributed by atoms with Gasteiger partial charge in [-0.05, 0) is 54.4 Å². The molecule has 0 bridgehead atoms. The first-order chi connectivity index (χ1) is 17.5. The molecule has 2 rings (SSSR count). The standard InChI is InChI=1S/C21H34N5O10P/c1-14(2)35-20(27)30-11-33-37(29,34-12-31-21(28)36-15(3)4)13-32-16(5)8-7-9-18-24-25-19-17(6)22-10-23-26(18)19/h10,14-16H,7-9,11-13H2,1-6H3. The molecule has 2 aromatic heterocycles. The van der Waals surface area contributed by atoms with Gasteiger partial charge in [0.15, 0.2) is 11.5 Å². The topological polar surface area (TPSA) is 172 Å². The van der Waals surface area contributed by atoms with Crippen LogP contribution in [-0.4, -0.2) is 75.4 Å². The van der Waals surface area contributed by atoms with E-state index in [2.05, 4.69) is 20.3 Å². The summed E-state index contributed by atoms with van der Waals surface area (Å²) in [6.07, 6.45) is -0.402. The summed E-state index contributed by atoms with van der Waals surface area (Å²) in [7, 11) is -4.00. The van der Waals surface area contributed by atoms with E-state index in [0.29, 0.717) is 30.7 Å². The first-order valence-electron chi connectivity index (χ1n) is 11.7. The third-order valence-corrected chi connectivity index (χ3v) is 5.95. The average Bonchev–Trinajstić information content (AvgIpc) is 3.21. The van der Waals surface area contributed by atoms with Crippen molar-refractivity contribution < 1.29 is 46.9 Å². The molecule has 37 heavy (non-hydrogen) atoms. The van der Waals surface area contributed by atoms with Crippen LogP contribution in [-0.2, 0) is 43.7 Å². The van der Waals surface area contributed by atoms with Crippen molar-refractivity contribution in [1.29, 1.82) is 0 Å². The number of carbonyl (C=O) groups excluding carboxylic acids is 2. The minimum atomic E-state index is -4.00. The van der Waals surface area contributed by atoms with Gasteiger partial charge in [0.05, 0.1) is 24.0 Å². The number of hydrogen-bond acceptors (Lipinski definition) is 14. The van der Waals surface area contributed by atoms with Crippen LogP contribution in [0.2, 0.25) is 0 Å². The molecule has 0 saturated heterocycles. The molecule has 208 valence electrons. The molecule has 0 amide bonds. The maximum Gasteiger partial charge on any atom is 0.510 e. The van der Waals surface area contributed by atoms with Crippen molar-refractivity contribution in [2.24, 2.45) is 0 Å². The number of fused-ring (bicyclic) bond motifs is 1. The third kappa shape index (κ3) is 11.0. The third-order valence-electron chi connectivity index (χ3n) is 4.49. The number of ether oxygens (including phenoxy) is 5. The molecule has 16 heteroatoms. The van der Waals surface area contributed by atoms with Crippen LogP contribution in [0.15, 0.2) is 6.33 Å². The van der Waals surface area contributed by atoms with Crippen LogP contribution in [0, 0.1) is 6.92 Å². The SMILES string of the molecule is Cc1ncnn2c(CCCC(C)OCP(=O)(OCOC(=O)OC(C)C)OCOC(=O)OC(C)C)nnc12. The number of carbonyl (C=O) groups is 2. The Balaban J connectivity index is 1.85. The predicted octanol–water partition coefficient (Wildman–Crippen LogP) is 3.78. The fourth-order valence-electron chi connectivity index (χ4n) is 2.76. The first kappa shape index (κ1) is 30.4. The zero-order chi connectivity index (χ0) is 27.4. The van der Waals surface area contributed by atoms with Crippen LogP contribution in [0.4, 0.5) is 9.59 Å². The zero-order valence-corrected chi connectivity index (χ0v) is 22.7. The summed E-state index contributed by atoms with van der Waals surface area (Å²) in [6.45, 7) is 8.71. The number of aromatic nitrogens is 5. The molecule has 0 aliphatic heterocycles. The summed E-state index contributed by atoms with van der Waals surface area (Å²) in [4.78, 5) is 27.2. The lowest BCUT2D eigenvalue weighted by Crippen LogP contribution is -2.18. The molecular formula is C21H34N5O10P. The second-order valence-corrected chi connectivity index (χ2v) is 10.4. The molecule has 0 saturated carbocycles. The largest absolute Gasteiger partial charge is 0.510 e. The Labute approximate surface area is 214 Å². The summed E-state index contributed by atoms with van der Waals surface area (Å²) in [6, 6.07) is 0. The van der Waals surface area contributed by atoms with Gasteiger partial charge in [0.1, 0.15) is 12.7 Å². The van der Waals surface area contributed by atoms with Crippen LogP contribution >= 0.6 is 7.60 Å². The Kier molecular flexibility index (Phi) is 12.1. The van der Waals surface area contributed by atoms with E-state index in [1.165, 1.54) is 6.33 Å². The number of rotatable bonds is 15. The summed E-state index contributed by atoms with van der Waals surface area (Å²) in [5, 5.41) is 12.4. The van der Waals surface area contributed by atoms with Gasteiger partial charge in [0.2, 0.25) is 13.6 Å². The van der Waals surface area contributed by atoms with Gasteiger partial charge >= 0.3 is 19.9 Å². The van der Waals surface area contributed by atoms with E-state index in [-0.39, 0.29) is 6.10 Å². The quantitative estimate of drug-likeness (QED) is 0.179. The predicted molar refractivity (Wildman–Crippen MR) is 127 cm³/mol. The monoisotopic (exact) mass is 547 g/mol. The molecule has 2 heterocycles. The molecule has 2 aromatic rings. The Morgan fingerprint density at radius 2 is 1.57 bits per heavy atom. The van der Waals surface area contributed by atoms with E-state index in [4.69, 9.17) is 32.7 Å². The number of aryl methyl sites for hydroxylation is 2. The highest BCUT2D eigenvalue weighted by Gasteiger charge is 2.28. The van der Waals surface area contributed by atoms with Crippen LogP contribution in [0.25, 0.3) is 5.65 Å². The van der Waals surface area contributed by atoms with E-state index in [1.54, 1.807) is 39.1 Å². The fourth-order valence-corrected chi connectivity index (χ4v) is 3.85. The van der Waals surface area contributed by atoms with Gasteiger partial charge in [0.25, 0.3) is 0 Å². The fraction of sp³-hybridized carbons (Fsp3) is 0.714. The molecule has 0 radical (unpaired) electrons. The van der Waals surface area contributed by atoms with E-state index in [0.717, 1.165) is 5.69 Å². The van der Waals surface area contributed by atoms with Crippen molar-refractivity contribution in [2.45, 2.75) is 79.1 Å². The molecule has 0 aliphatic carbocycles. The second-order valence-electron chi connectivity index (χ2n) is 8.42. The van der Waals surface area contributed by atoms with Crippen molar-refractivity contribution in [1.82, 2.24) is 24.8 Å². The van der Waals surface area contributed by atoms with E-state index in [1.807, 2.05) is 6.92 Å². The average molecular weight is 548 g/mol. The smallest absolute Gasteiger partial charge is 0.432 e. The molecule has 0 aliphatic rings. The lowest BCUT2D eigenvalue weighted by molar-refractivity contribution is -0.0367. The Morgan fingerprint density at radius 1 is 0.973 bits per heavy atom. The summed E-state index contributed by atoms with van der Waals surface area (Å²) in [5.74, 6) is 0.681. The molecule has 1 unspecified atom stereocenters. The second kappa shape index (κ2) is 14.8. The number of hydrogen-bond donors (Lipinski definition) is 0. The van der Waals surface area contributed by atoms with Crippen LogP contribution < -0.4 is 0 Å². The van der Waals surface area contributed by atoms with Gasteiger partial charge in [-0.15, -0.1) is 10.2 Å². The molecular weight excluding hydrogens is 513 g/mol. The van der Waals surface area contributed by atoms with E-state index < -0.39 is 52.0 Å².